The summed E-state index contributed by atoms with van der Waals surface area (Å²) in [5, 5.41) is 5.63. The molecule has 0 radical (unpaired) electrons. The topological polar surface area (TPSA) is 105 Å². The van der Waals surface area contributed by atoms with E-state index in [0.29, 0.717) is 6.42 Å². The van der Waals surface area contributed by atoms with Crippen LogP contribution in [0.25, 0.3) is 11.0 Å². The number of anilines is 1. The fraction of sp³-hybridized carbons (Fsp3) is 0.333. The van der Waals surface area contributed by atoms with Crippen molar-refractivity contribution < 1.29 is 26.0 Å². The van der Waals surface area contributed by atoms with Gasteiger partial charge in [-0.3, -0.25) is 5.10 Å². The maximum atomic E-state index is 13.9. The van der Waals surface area contributed by atoms with E-state index in [2.05, 4.69) is 15.2 Å². The molecule has 3 aromatic rings. The molecule has 1 saturated heterocycles. The summed E-state index contributed by atoms with van der Waals surface area (Å²) in [5.74, 6) is -0.958. The van der Waals surface area contributed by atoms with Crippen molar-refractivity contribution in [1.82, 2.24) is 19.5 Å². The number of halogens is 4. The van der Waals surface area contributed by atoms with Gasteiger partial charge in [0.15, 0.2) is 5.65 Å². The molecule has 1 aliphatic rings. The average molecular weight is 443 g/mol. The van der Waals surface area contributed by atoms with Crippen LogP contribution in [0.1, 0.15) is 35.7 Å². The zero-order chi connectivity index (χ0) is 21.8. The molecule has 3 N–H and O–H groups in total. The van der Waals surface area contributed by atoms with Gasteiger partial charge in [0, 0.05) is 6.54 Å². The van der Waals surface area contributed by atoms with Gasteiger partial charge in [-0.05, 0) is 43.5 Å². The van der Waals surface area contributed by atoms with Gasteiger partial charge in [0.05, 0.1) is 27.6 Å². The van der Waals surface area contributed by atoms with Crippen molar-refractivity contribution in [3.8, 4) is 0 Å². The largest absolute Gasteiger partial charge is 0.417 e. The predicted molar refractivity (Wildman–Crippen MR) is 100 cm³/mol. The Balaban J connectivity index is 1.82. The number of nitrogens with two attached hydrogens (primary N) is 1. The van der Waals surface area contributed by atoms with Crippen LogP contribution in [0.4, 0.5) is 23.4 Å². The SMILES string of the molecule is Cc1ccc(S(=O)(=O)N2CCC[C@@H]2c2cc(C(F)(F)F)c3c(N)[nH]nc3n2)cc1F. The summed E-state index contributed by atoms with van der Waals surface area (Å²) in [5.41, 5.74) is 4.48. The highest BCUT2D eigenvalue weighted by Crippen LogP contribution is 2.41. The number of benzene rings is 1. The summed E-state index contributed by atoms with van der Waals surface area (Å²) in [6.07, 6.45) is -4.05. The monoisotopic (exact) mass is 443 g/mol. The highest BCUT2D eigenvalue weighted by Gasteiger charge is 2.40. The minimum absolute atomic E-state index is 0.0757. The quantitative estimate of drug-likeness (QED) is 0.603. The summed E-state index contributed by atoms with van der Waals surface area (Å²) in [6.45, 7) is 1.57. The first-order valence-corrected chi connectivity index (χ1v) is 10.4. The van der Waals surface area contributed by atoms with Crippen molar-refractivity contribution in [2.45, 2.75) is 36.9 Å². The number of fused-ring (bicyclic) bond motifs is 1. The minimum atomic E-state index is -4.74. The minimum Gasteiger partial charge on any atom is -0.383 e. The number of H-pyrrole nitrogens is 1. The Morgan fingerprint density at radius 3 is 2.67 bits per heavy atom. The predicted octanol–water partition coefficient (Wildman–Crippen LogP) is 3.53. The Morgan fingerprint density at radius 2 is 2.00 bits per heavy atom. The van der Waals surface area contributed by atoms with Crippen molar-refractivity contribution in [1.29, 1.82) is 0 Å². The average Bonchev–Trinajstić information content (AvgIpc) is 3.30. The van der Waals surface area contributed by atoms with E-state index in [0.717, 1.165) is 16.4 Å². The number of nitrogens with one attached hydrogen (secondary N) is 1. The van der Waals surface area contributed by atoms with Gasteiger partial charge in [-0.15, -0.1) is 0 Å². The Kier molecular flexibility index (Phi) is 4.73. The smallest absolute Gasteiger partial charge is 0.383 e. The molecule has 30 heavy (non-hydrogen) atoms. The van der Waals surface area contributed by atoms with E-state index in [1.165, 1.54) is 19.1 Å². The maximum absolute atomic E-state index is 13.9. The number of aryl methyl sites for hydroxylation is 1. The lowest BCUT2D eigenvalue weighted by Crippen LogP contribution is -2.31. The lowest BCUT2D eigenvalue weighted by Gasteiger charge is -2.24. The molecule has 1 atom stereocenters. The summed E-state index contributed by atoms with van der Waals surface area (Å²) in [6, 6.07) is 3.39. The molecule has 0 amide bonds. The number of nitrogens with zero attached hydrogens (tertiary/aromatic N) is 3. The molecule has 0 aliphatic carbocycles. The molecular weight excluding hydrogens is 426 g/mol. The number of hydrogen-bond acceptors (Lipinski definition) is 5. The van der Waals surface area contributed by atoms with Crippen molar-refractivity contribution >= 4 is 26.9 Å². The standard InChI is InChI=1S/C18H17F4N5O2S/c1-9-4-5-10(7-12(9)19)30(28,29)27-6-2-3-14(27)13-8-11(18(20,21)22)15-16(23)25-26-17(15)24-13/h4-5,7-8,14H,2-3,6H2,1H3,(H3,23,24,25,26)/t14-/m1/s1. The van der Waals surface area contributed by atoms with E-state index < -0.39 is 33.6 Å². The van der Waals surface area contributed by atoms with Gasteiger partial charge in [0.1, 0.15) is 11.6 Å². The van der Waals surface area contributed by atoms with Crippen LogP contribution in [0, 0.1) is 12.7 Å². The molecule has 2 aromatic heterocycles. The number of rotatable bonds is 3. The maximum Gasteiger partial charge on any atom is 0.417 e. The second kappa shape index (κ2) is 6.91. The number of aromatic amines is 1. The number of sulfonamides is 1. The van der Waals surface area contributed by atoms with Crippen LogP contribution in [0.3, 0.4) is 0 Å². The number of hydrogen-bond donors (Lipinski definition) is 2. The van der Waals surface area contributed by atoms with Crippen LogP contribution in [0.2, 0.25) is 0 Å². The van der Waals surface area contributed by atoms with E-state index in [9.17, 15) is 26.0 Å². The molecule has 1 aromatic carbocycles. The molecule has 4 rings (SSSR count). The molecule has 1 aliphatic heterocycles. The van der Waals surface area contributed by atoms with Gasteiger partial charge >= 0.3 is 6.18 Å². The van der Waals surface area contributed by atoms with Gasteiger partial charge in [0.2, 0.25) is 10.0 Å². The van der Waals surface area contributed by atoms with Gasteiger partial charge in [-0.1, -0.05) is 6.07 Å². The Labute approximate surface area is 168 Å². The van der Waals surface area contributed by atoms with E-state index >= 15 is 0 Å². The van der Waals surface area contributed by atoms with Crippen LogP contribution in [0.15, 0.2) is 29.2 Å². The van der Waals surface area contributed by atoms with Crippen molar-refractivity contribution in [2.75, 3.05) is 12.3 Å². The molecule has 160 valence electrons. The van der Waals surface area contributed by atoms with E-state index in [4.69, 9.17) is 5.73 Å². The zero-order valence-corrected chi connectivity index (χ0v) is 16.5. The number of aromatic nitrogens is 3. The van der Waals surface area contributed by atoms with E-state index in [1.54, 1.807) is 0 Å². The fourth-order valence-corrected chi connectivity index (χ4v) is 5.33. The molecule has 0 spiro atoms. The number of pyridine rings is 1. The van der Waals surface area contributed by atoms with Crippen LogP contribution < -0.4 is 5.73 Å². The molecule has 1 fully saturated rings. The fourth-order valence-electron chi connectivity index (χ4n) is 3.65. The van der Waals surface area contributed by atoms with Crippen LogP contribution in [-0.2, 0) is 16.2 Å². The molecule has 12 heteroatoms. The highest BCUT2D eigenvalue weighted by molar-refractivity contribution is 7.89. The summed E-state index contributed by atoms with van der Waals surface area (Å²) < 4.78 is 82.1. The second-order valence-corrected chi connectivity index (χ2v) is 9.00. The first kappa shape index (κ1) is 20.5. The molecule has 3 heterocycles. The first-order valence-electron chi connectivity index (χ1n) is 9.00. The molecular formula is C18H17F4N5O2S. The first-order chi connectivity index (χ1) is 14.0. The lowest BCUT2D eigenvalue weighted by molar-refractivity contribution is -0.136. The summed E-state index contributed by atoms with van der Waals surface area (Å²) in [4.78, 5) is 3.87. The second-order valence-electron chi connectivity index (χ2n) is 7.11. The number of alkyl halides is 3. The Morgan fingerprint density at radius 1 is 1.27 bits per heavy atom. The number of nitrogen functional groups attached to an aromatic ring is 1. The van der Waals surface area contributed by atoms with E-state index in [1.807, 2.05) is 0 Å². The molecule has 0 saturated carbocycles. The van der Waals surface area contributed by atoms with Crippen molar-refractivity contribution in [2.24, 2.45) is 0 Å². The Bertz CT molecular complexity index is 1240. The Hall–Kier alpha value is -2.73. The summed E-state index contributed by atoms with van der Waals surface area (Å²) >= 11 is 0. The van der Waals surface area contributed by atoms with Crippen molar-refractivity contribution in [3.05, 3.63) is 46.9 Å². The van der Waals surface area contributed by atoms with Gasteiger partial charge in [0.25, 0.3) is 0 Å². The van der Waals surface area contributed by atoms with E-state index in [-0.39, 0.29) is 46.0 Å². The van der Waals surface area contributed by atoms with Gasteiger partial charge in [-0.2, -0.15) is 22.6 Å². The van der Waals surface area contributed by atoms with Crippen LogP contribution in [-0.4, -0.2) is 34.4 Å². The normalized spacial score (nSPS) is 18.4. The van der Waals surface area contributed by atoms with Crippen LogP contribution >= 0.6 is 0 Å². The molecule has 7 nitrogen and oxygen atoms in total. The molecule has 0 bridgehead atoms. The highest BCUT2D eigenvalue weighted by atomic mass is 32.2. The summed E-state index contributed by atoms with van der Waals surface area (Å²) in [7, 11) is -4.15. The van der Waals surface area contributed by atoms with Gasteiger partial charge < -0.3 is 5.73 Å². The molecule has 0 unspecified atom stereocenters. The third kappa shape index (κ3) is 3.29. The zero-order valence-electron chi connectivity index (χ0n) is 15.7. The van der Waals surface area contributed by atoms with Crippen molar-refractivity contribution in [3.63, 3.8) is 0 Å². The van der Waals surface area contributed by atoms with Gasteiger partial charge in [-0.25, -0.2) is 17.8 Å². The third-order valence-electron chi connectivity index (χ3n) is 5.17. The third-order valence-corrected chi connectivity index (χ3v) is 7.08. The lowest BCUT2D eigenvalue weighted by atomic mass is 10.1. The van der Waals surface area contributed by atoms with Crippen LogP contribution in [0.5, 0.6) is 0 Å².